The van der Waals surface area contributed by atoms with Gasteiger partial charge in [0.15, 0.2) is 0 Å². The lowest BCUT2D eigenvalue weighted by molar-refractivity contribution is 0.0947. The van der Waals surface area contributed by atoms with Crippen LogP contribution < -0.4 is 10.0 Å². The van der Waals surface area contributed by atoms with Crippen LogP contribution in [0.1, 0.15) is 27.0 Å². The average Bonchev–Trinajstić information content (AvgIpc) is 2.68. The van der Waals surface area contributed by atoms with Gasteiger partial charge in [-0.25, -0.2) is 13.4 Å². The third-order valence-corrected chi connectivity index (χ3v) is 6.01. The minimum atomic E-state index is -3.36. The van der Waals surface area contributed by atoms with Crippen LogP contribution in [0.4, 0.5) is 5.69 Å². The number of rotatable bonds is 7. The summed E-state index contributed by atoms with van der Waals surface area (Å²) in [6.45, 7) is 4.38. The first-order chi connectivity index (χ1) is 14.2. The molecule has 6 nitrogen and oxygen atoms in total. The molecule has 156 valence electrons. The van der Waals surface area contributed by atoms with Gasteiger partial charge in [0, 0.05) is 23.3 Å². The molecule has 0 unspecified atom stereocenters. The van der Waals surface area contributed by atoms with E-state index in [0.29, 0.717) is 16.3 Å². The second-order valence-electron chi connectivity index (χ2n) is 6.96. The van der Waals surface area contributed by atoms with Gasteiger partial charge in [-0.1, -0.05) is 30.0 Å². The number of pyridine rings is 1. The molecule has 0 saturated carbocycles. The Kier molecular flexibility index (Phi) is 6.79. The average molecular weight is 442 g/mol. The molecular formula is C22H23N3O3S2. The van der Waals surface area contributed by atoms with Crippen molar-refractivity contribution in [3.63, 3.8) is 0 Å². The maximum atomic E-state index is 12.8. The van der Waals surface area contributed by atoms with E-state index in [1.165, 1.54) is 22.9 Å². The van der Waals surface area contributed by atoms with Gasteiger partial charge in [-0.2, -0.15) is 0 Å². The van der Waals surface area contributed by atoms with Crippen molar-refractivity contribution in [2.24, 2.45) is 0 Å². The number of carbonyl (C=O) groups is 1. The van der Waals surface area contributed by atoms with Crippen LogP contribution >= 0.6 is 11.8 Å². The molecule has 0 aliphatic carbocycles. The Hall–Kier alpha value is -2.84. The van der Waals surface area contributed by atoms with Crippen molar-refractivity contribution in [2.45, 2.75) is 30.3 Å². The number of benzene rings is 2. The highest BCUT2D eigenvalue weighted by Gasteiger charge is 2.14. The van der Waals surface area contributed by atoms with E-state index in [0.717, 1.165) is 16.7 Å². The molecule has 0 aliphatic rings. The Morgan fingerprint density at radius 1 is 1.03 bits per heavy atom. The summed E-state index contributed by atoms with van der Waals surface area (Å²) in [5.74, 6) is -0.240. The fraction of sp³-hybridized carbons (Fsp3) is 0.182. The van der Waals surface area contributed by atoms with Gasteiger partial charge in [-0.15, -0.1) is 0 Å². The number of amides is 1. The van der Waals surface area contributed by atoms with Gasteiger partial charge in [0.1, 0.15) is 5.03 Å². The molecule has 0 aliphatic heterocycles. The topological polar surface area (TPSA) is 88.2 Å². The highest BCUT2D eigenvalue weighted by molar-refractivity contribution is 7.99. The Balaban J connectivity index is 1.72. The zero-order valence-electron chi connectivity index (χ0n) is 17.0. The summed E-state index contributed by atoms with van der Waals surface area (Å²) in [5.41, 5.74) is 4.13. The fourth-order valence-corrected chi connectivity index (χ4v) is 4.30. The van der Waals surface area contributed by atoms with E-state index in [1.54, 1.807) is 36.5 Å². The number of carbonyl (C=O) groups excluding carboxylic acids is 1. The molecule has 2 N–H and O–H groups in total. The predicted molar refractivity (Wildman–Crippen MR) is 120 cm³/mol. The molecule has 0 spiro atoms. The molecule has 0 bridgehead atoms. The molecule has 8 heteroatoms. The number of nitrogens with one attached hydrogen (secondary N) is 2. The summed E-state index contributed by atoms with van der Waals surface area (Å²) in [7, 11) is -3.36. The van der Waals surface area contributed by atoms with Gasteiger partial charge in [0.2, 0.25) is 10.0 Å². The van der Waals surface area contributed by atoms with Gasteiger partial charge < -0.3 is 5.32 Å². The lowest BCUT2D eigenvalue weighted by atomic mass is 10.1. The van der Waals surface area contributed by atoms with E-state index in [4.69, 9.17) is 0 Å². The zero-order valence-corrected chi connectivity index (χ0v) is 18.6. The maximum absolute atomic E-state index is 12.8. The largest absolute Gasteiger partial charge is 0.348 e. The highest BCUT2D eigenvalue weighted by Crippen LogP contribution is 2.30. The predicted octanol–water partition coefficient (Wildman–Crippen LogP) is 4.15. The summed E-state index contributed by atoms with van der Waals surface area (Å²) in [5, 5.41) is 3.51. The SMILES string of the molecule is Cc1ccc(Sc2ncccc2C(=O)NCc2cccc(NS(C)(=O)=O)c2)cc1C. The third kappa shape index (κ3) is 6.08. The molecular weight excluding hydrogens is 418 g/mol. The summed E-state index contributed by atoms with van der Waals surface area (Å²) in [6, 6.07) is 16.5. The zero-order chi connectivity index (χ0) is 21.7. The highest BCUT2D eigenvalue weighted by atomic mass is 32.2. The second kappa shape index (κ2) is 9.32. The van der Waals surface area contributed by atoms with Crippen molar-refractivity contribution < 1.29 is 13.2 Å². The molecule has 0 fully saturated rings. The first-order valence-corrected chi connectivity index (χ1v) is 12.0. The van der Waals surface area contributed by atoms with Gasteiger partial charge in [-0.3, -0.25) is 9.52 Å². The number of aromatic nitrogens is 1. The van der Waals surface area contributed by atoms with Crippen molar-refractivity contribution in [2.75, 3.05) is 11.0 Å². The van der Waals surface area contributed by atoms with Gasteiger partial charge >= 0.3 is 0 Å². The van der Waals surface area contributed by atoms with Crippen LogP contribution in [-0.2, 0) is 16.6 Å². The molecule has 3 rings (SSSR count). The van der Waals surface area contributed by atoms with Crippen molar-refractivity contribution >= 4 is 33.4 Å². The van der Waals surface area contributed by atoms with Crippen molar-refractivity contribution in [1.82, 2.24) is 10.3 Å². The number of nitrogens with zero attached hydrogens (tertiary/aromatic N) is 1. The Labute approximate surface area is 181 Å². The number of aryl methyl sites for hydroxylation is 2. The normalized spacial score (nSPS) is 11.2. The van der Waals surface area contributed by atoms with Crippen LogP contribution in [0.15, 0.2) is 70.7 Å². The molecule has 0 atom stereocenters. The molecule has 3 aromatic rings. The van der Waals surface area contributed by atoms with Crippen molar-refractivity contribution in [3.8, 4) is 0 Å². The monoisotopic (exact) mass is 441 g/mol. The standard InChI is InChI=1S/C22H23N3O3S2/c1-15-9-10-19(12-16(15)2)29-22-20(8-5-11-23-22)21(26)24-14-17-6-4-7-18(13-17)25-30(3,27)28/h4-13,25H,14H2,1-3H3,(H,24,26). The molecule has 0 radical (unpaired) electrons. The quantitative estimate of drug-likeness (QED) is 0.575. The number of sulfonamides is 1. The summed E-state index contributed by atoms with van der Waals surface area (Å²) >= 11 is 1.45. The summed E-state index contributed by atoms with van der Waals surface area (Å²) in [4.78, 5) is 18.2. The van der Waals surface area contributed by atoms with Gasteiger partial charge in [0.25, 0.3) is 5.91 Å². The molecule has 0 saturated heterocycles. The van der Waals surface area contributed by atoms with Gasteiger partial charge in [0.05, 0.1) is 11.8 Å². The van der Waals surface area contributed by atoms with Crippen LogP contribution in [0, 0.1) is 13.8 Å². The molecule has 2 aromatic carbocycles. The van der Waals surface area contributed by atoms with E-state index in [1.807, 2.05) is 12.1 Å². The Bertz CT molecular complexity index is 1180. The smallest absolute Gasteiger partial charge is 0.254 e. The van der Waals surface area contributed by atoms with E-state index < -0.39 is 10.0 Å². The lowest BCUT2D eigenvalue weighted by Gasteiger charge is -2.11. The molecule has 1 amide bonds. The van der Waals surface area contributed by atoms with Crippen molar-refractivity contribution in [1.29, 1.82) is 0 Å². The van der Waals surface area contributed by atoms with E-state index >= 15 is 0 Å². The van der Waals surface area contributed by atoms with E-state index in [2.05, 4.69) is 41.0 Å². The third-order valence-electron chi connectivity index (χ3n) is 4.39. The first kappa shape index (κ1) is 21.9. The maximum Gasteiger partial charge on any atom is 0.254 e. The van der Waals surface area contributed by atoms with E-state index in [-0.39, 0.29) is 12.5 Å². The van der Waals surface area contributed by atoms with E-state index in [9.17, 15) is 13.2 Å². The van der Waals surface area contributed by atoms with Crippen LogP contribution in [0.5, 0.6) is 0 Å². The van der Waals surface area contributed by atoms with Crippen LogP contribution in [0.2, 0.25) is 0 Å². The second-order valence-corrected chi connectivity index (χ2v) is 9.77. The van der Waals surface area contributed by atoms with Crippen molar-refractivity contribution in [3.05, 3.63) is 83.0 Å². The number of anilines is 1. The Morgan fingerprint density at radius 3 is 2.57 bits per heavy atom. The van der Waals surface area contributed by atoms with Crippen LogP contribution in [0.25, 0.3) is 0 Å². The summed E-state index contributed by atoms with van der Waals surface area (Å²) in [6.07, 6.45) is 2.76. The molecule has 30 heavy (non-hydrogen) atoms. The number of hydrogen-bond acceptors (Lipinski definition) is 5. The van der Waals surface area contributed by atoms with Crippen LogP contribution in [-0.4, -0.2) is 25.6 Å². The lowest BCUT2D eigenvalue weighted by Crippen LogP contribution is -2.23. The minimum Gasteiger partial charge on any atom is -0.348 e. The van der Waals surface area contributed by atoms with Gasteiger partial charge in [-0.05, 0) is 66.9 Å². The first-order valence-electron chi connectivity index (χ1n) is 9.26. The summed E-state index contributed by atoms with van der Waals surface area (Å²) < 4.78 is 25.2. The fourth-order valence-electron chi connectivity index (χ4n) is 2.77. The molecule has 1 heterocycles. The Morgan fingerprint density at radius 2 is 1.83 bits per heavy atom. The number of hydrogen-bond donors (Lipinski definition) is 2. The molecule has 1 aromatic heterocycles. The van der Waals surface area contributed by atoms with Crippen LogP contribution in [0.3, 0.4) is 0 Å². The minimum absolute atomic E-state index is 0.240.